The fraction of sp³-hybridized carbons (Fsp3) is 0.273. The number of nitrogens with zero attached hydrogens (tertiary/aromatic N) is 3. The number of hydrogen-bond donors (Lipinski definition) is 2. The van der Waals surface area contributed by atoms with Gasteiger partial charge in [-0.3, -0.25) is 9.89 Å². The number of benzene rings is 2. The molecule has 6 nitrogen and oxygen atoms in total. The average Bonchev–Trinajstić information content (AvgIpc) is 3.22. The zero-order valence-electron chi connectivity index (χ0n) is 16.7. The number of H-pyrrole nitrogens is 1. The third kappa shape index (κ3) is 3.78. The Morgan fingerprint density at radius 3 is 2.50 bits per heavy atom. The Bertz CT molecular complexity index is 1080. The molecule has 2 N–H and O–H groups in total. The van der Waals surface area contributed by atoms with Crippen molar-refractivity contribution in [3.63, 3.8) is 0 Å². The van der Waals surface area contributed by atoms with Crippen molar-refractivity contribution in [2.45, 2.75) is 12.5 Å². The van der Waals surface area contributed by atoms with Crippen LogP contribution in [-0.4, -0.2) is 58.2 Å². The number of aromatic nitrogens is 2. The molecule has 0 saturated heterocycles. The van der Waals surface area contributed by atoms with Crippen LogP contribution in [0.15, 0.2) is 42.5 Å². The molecular weight excluding hydrogens is 423 g/mol. The molecule has 1 aromatic heterocycles. The molecule has 2 aromatic carbocycles. The molecule has 1 aliphatic heterocycles. The molecule has 156 valence electrons. The summed E-state index contributed by atoms with van der Waals surface area (Å²) in [5, 5.41) is 18.8. The molecule has 0 radical (unpaired) electrons. The highest BCUT2D eigenvalue weighted by molar-refractivity contribution is 6.31. The van der Waals surface area contributed by atoms with E-state index in [1.165, 1.54) is 6.07 Å². The van der Waals surface area contributed by atoms with Gasteiger partial charge in [-0.1, -0.05) is 35.3 Å². The summed E-state index contributed by atoms with van der Waals surface area (Å²) in [5.41, 5.74) is 3.21. The maximum absolute atomic E-state index is 13.2. The first-order chi connectivity index (χ1) is 14.4. The first-order valence-electron chi connectivity index (χ1n) is 9.65. The minimum Gasteiger partial charge on any atom is -0.507 e. The second kappa shape index (κ2) is 8.30. The number of aromatic hydroxyl groups is 1. The number of carbonyl (C=O) groups is 1. The standard InChI is InChI=1S/C22H22Cl2N4O2/c1-27(2)10-3-11-28-21(13-4-6-14(23)7-5-13)18-19(25-26-20(18)22(28)30)16-9-8-15(24)12-17(16)29/h4-9,12,21,29H,3,10-11H2,1-2H3,(H,25,26)/t21-/m0/s1. The Morgan fingerprint density at radius 2 is 1.83 bits per heavy atom. The van der Waals surface area contributed by atoms with E-state index in [2.05, 4.69) is 15.1 Å². The number of hydrogen-bond acceptors (Lipinski definition) is 4. The molecule has 30 heavy (non-hydrogen) atoms. The van der Waals surface area contributed by atoms with Crippen molar-refractivity contribution in [1.29, 1.82) is 0 Å². The third-order valence-electron chi connectivity index (χ3n) is 5.27. The van der Waals surface area contributed by atoms with Crippen LogP contribution < -0.4 is 0 Å². The summed E-state index contributed by atoms with van der Waals surface area (Å²) in [5.74, 6) is -0.0823. The summed E-state index contributed by atoms with van der Waals surface area (Å²) < 4.78 is 0. The van der Waals surface area contributed by atoms with Crippen LogP contribution in [0.25, 0.3) is 11.3 Å². The molecule has 1 aliphatic rings. The molecular formula is C22H22Cl2N4O2. The van der Waals surface area contributed by atoms with Crippen molar-refractivity contribution in [1.82, 2.24) is 20.0 Å². The second-order valence-electron chi connectivity index (χ2n) is 7.63. The van der Waals surface area contributed by atoms with Crippen molar-refractivity contribution < 1.29 is 9.90 Å². The summed E-state index contributed by atoms with van der Waals surface area (Å²) in [6.07, 6.45) is 0.835. The predicted octanol–water partition coefficient (Wildman–Crippen LogP) is 4.59. The number of halogens is 2. The van der Waals surface area contributed by atoms with Gasteiger partial charge in [0.2, 0.25) is 0 Å². The van der Waals surface area contributed by atoms with Gasteiger partial charge in [0.1, 0.15) is 17.1 Å². The summed E-state index contributed by atoms with van der Waals surface area (Å²) >= 11 is 12.1. The summed E-state index contributed by atoms with van der Waals surface area (Å²) in [4.78, 5) is 17.2. The van der Waals surface area contributed by atoms with Gasteiger partial charge in [0.05, 0.1) is 6.04 Å². The lowest BCUT2D eigenvalue weighted by Gasteiger charge is -2.27. The van der Waals surface area contributed by atoms with Gasteiger partial charge in [0.15, 0.2) is 0 Å². The van der Waals surface area contributed by atoms with E-state index in [1.54, 1.807) is 12.1 Å². The Kier molecular flexibility index (Phi) is 5.73. The molecule has 4 rings (SSSR count). The van der Waals surface area contributed by atoms with E-state index in [-0.39, 0.29) is 17.7 Å². The SMILES string of the molecule is CN(C)CCCN1C(=O)c2[nH]nc(-c3ccc(Cl)cc3O)c2[C@@H]1c1ccc(Cl)cc1. The van der Waals surface area contributed by atoms with E-state index < -0.39 is 0 Å². The van der Waals surface area contributed by atoms with Gasteiger partial charge in [0.25, 0.3) is 5.91 Å². The number of aromatic amines is 1. The Morgan fingerprint density at radius 1 is 1.13 bits per heavy atom. The number of fused-ring (bicyclic) bond motifs is 1. The molecule has 0 unspecified atom stereocenters. The van der Waals surface area contributed by atoms with Crippen LogP contribution in [0.5, 0.6) is 5.75 Å². The third-order valence-corrected chi connectivity index (χ3v) is 5.76. The topological polar surface area (TPSA) is 72.5 Å². The maximum Gasteiger partial charge on any atom is 0.273 e. The van der Waals surface area contributed by atoms with Gasteiger partial charge in [-0.15, -0.1) is 0 Å². The quantitative estimate of drug-likeness (QED) is 0.583. The van der Waals surface area contributed by atoms with E-state index in [0.717, 1.165) is 24.1 Å². The first-order valence-corrected chi connectivity index (χ1v) is 10.4. The lowest BCUT2D eigenvalue weighted by Crippen LogP contribution is -2.32. The van der Waals surface area contributed by atoms with Crippen molar-refractivity contribution in [3.8, 4) is 17.0 Å². The van der Waals surface area contributed by atoms with Crippen LogP contribution in [0, 0.1) is 0 Å². The van der Waals surface area contributed by atoms with Crippen LogP contribution in [0.3, 0.4) is 0 Å². The predicted molar refractivity (Wildman–Crippen MR) is 118 cm³/mol. The minimum atomic E-state index is -0.323. The molecule has 0 aliphatic carbocycles. The number of rotatable bonds is 6. The van der Waals surface area contributed by atoms with Gasteiger partial charge in [-0.25, -0.2) is 0 Å². The zero-order valence-corrected chi connectivity index (χ0v) is 18.2. The molecule has 3 aromatic rings. The average molecular weight is 445 g/mol. The molecule has 1 amide bonds. The zero-order chi connectivity index (χ0) is 21.4. The first kappa shape index (κ1) is 20.7. The highest BCUT2D eigenvalue weighted by atomic mass is 35.5. The fourth-order valence-corrected chi connectivity index (χ4v) is 4.18. The fourth-order valence-electron chi connectivity index (χ4n) is 3.89. The highest BCUT2D eigenvalue weighted by Crippen LogP contribution is 2.44. The Hall–Kier alpha value is -2.54. The second-order valence-corrected chi connectivity index (χ2v) is 8.50. The van der Waals surface area contributed by atoms with Crippen LogP contribution in [-0.2, 0) is 0 Å². The van der Waals surface area contributed by atoms with Gasteiger partial charge < -0.3 is 14.9 Å². The van der Waals surface area contributed by atoms with Crippen LogP contribution in [0.2, 0.25) is 10.0 Å². The minimum absolute atomic E-state index is 0.0187. The number of phenolic OH excluding ortho intramolecular Hbond substituents is 1. The largest absolute Gasteiger partial charge is 0.507 e. The van der Waals surface area contributed by atoms with E-state index in [1.807, 2.05) is 43.3 Å². The molecule has 2 heterocycles. The van der Waals surface area contributed by atoms with Crippen molar-refractivity contribution in [2.24, 2.45) is 0 Å². The molecule has 0 fully saturated rings. The van der Waals surface area contributed by atoms with Crippen LogP contribution >= 0.6 is 23.2 Å². The molecule has 8 heteroatoms. The Balaban J connectivity index is 1.81. The van der Waals surface area contributed by atoms with Gasteiger partial charge in [0, 0.05) is 27.7 Å². The lowest BCUT2D eigenvalue weighted by molar-refractivity contribution is 0.0738. The Labute approximate surface area is 185 Å². The molecule has 0 saturated carbocycles. The van der Waals surface area contributed by atoms with Crippen molar-refractivity contribution in [3.05, 3.63) is 69.3 Å². The molecule has 1 atom stereocenters. The van der Waals surface area contributed by atoms with Gasteiger partial charge in [-0.2, -0.15) is 5.10 Å². The van der Waals surface area contributed by atoms with Crippen LogP contribution in [0.4, 0.5) is 0 Å². The smallest absolute Gasteiger partial charge is 0.273 e. The number of carbonyl (C=O) groups excluding carboxylic acids is 1. The monoisotopic (exact) mass is 444 g/mol. The van der Waals surface area contributed by atoms with E-state index in [0.29, 0.717) is 33.5 Å². The van der Waals surface area contributed by atoms with E-state index >= 15 is 0 Å². The highest BCUT2D eigenvalue weighted by Gasteiger charge is 2.42. The lowest BCUT2D eigenvalue weighted by atomic mass is 9.95. The maximum atomic E-state index is 13.2. The molecule has 0 spiro atoms. The number of nitrogens with one attached hydrogen (secondary N) is 1. The number of phenols is 1. The van der Waals surface area contributed by atoms with Crippen LogP contribution in [0.1, 0.15) is 34.1 Å². The van der Waals surface area contributed by atoms with Gasteiger partial charge in [-0.05, 0) is 63.0 Å². The van der Waals surface area contributed by atoms with E-state index in [9.17, 15) is 9.90 Å². The van der Waals surface area contributed by atoms with Gasteiger partial charge >= 0.3 is 0 Å². The summed E-state index contributed by atoms with van der Waals surface area (Å²) in [6, 6.07) is 12.0. The van der Waals surface area contributed by atoms with Crippen molar-refractivity contribution >= 4 is 29.1 Å². The summed E-state index contributed by atoms with van der Waals surface area (Å²) in [6.45, 7) is 1.47. The number of amides is 1. The molecule has 0 bridgehead atoms. The summed E-state index contributed by atoms with van der Waals surface area (Å²) in [7, 11) is 4.02. The van der Waals surface area contributed by atoms with Crippen molar-refractivity contribution in [2.75, 3.05) is 27.2 Å². The van der Waals surface area contributed by atoms with E-state index in [4.69, 9.17) is 23.2 Å². The normalized spacial score (nSPS) is 15.8.